The maximum absolute atomic E-state index is 12.2. The Bertz CT molecular complexity index is 1070. The van der Waals surface area contributed by atoms with E-state index in [2.05, 4.69) is 15.0 Å². The molecule has 2 heterocycles. The zero-order chi connectivity index (χ0) is 17.2. The van der Waals surface area contributed by atoms with Crippen LogP contribution in [0.25, 0.3) is 22.6 Å². The number of aryl methyl sites for hydroxylation is 2. The lowest BCUT2D eigenvalue weighted by atomic mass is 10.1. The largest absolute Gasteiger partial charge is 0.508 e. The molecule has 2 N–H and O–H groups in total. The van der Waals surface area contributed by atoms with Gasteiger partial charge in [0.25, 0.3) is 0 Å². The zero-order valence-electron chi connectivity index (χ0n) is 13.4. The summed E-state index contributed by atoms with van der Waals surface area (Å²) in [5.41, 5.74) is 3.43. The molecule has 25 heavy (non-hydrogen) atoms. The van der Waals surface area contributed by atoms with Gasteiger partial charge in [0.1, 0.15) is 5.75 Å². The van der Waals surface area contributed by atoms with Gasteiger partial charge in [-0.2, -0.15) is 0 Å². The number of aromatic hydroxyl groups is 1. The molecule has 0 radical (unpaired) electrons. The van der Waals surface area contributed by atoms with Gasteiger partial charge in [0, 0.05) is 12.1 Å². The molecule has 4 aromatic rings. The Morgan fingerprint density at radius 2 is 1.80 bits per heavy atom. The molecule has 2 aromatic carbocycles. The summed E-state index contributed by atoms with van der Waals surface area (Å²) in [5.74, 6) is 0.194. The number of hydrogen-bond donors (Lipinski definition) is 2. The highest BCUT2D eigenvalue weighted by molar-refractivity contribution is 5.71. The van der Waals surface area contributed by atoms with Crippen LogP contribution in [-0.4, -0.2) is 24.6 Å². The average Bonchev–Trinajstić information content (AvgIpc) is 2.96. The Hall–Kier alpha value is -3.41. The van der Waals surface area contributed by atoms with E-state index in [1.54, 1.807) is 35.0 Å². The van der Waals surface area contributed by atoms with Crippen LogP contribution in [0.4, 0.5) is 0 Å². The molecule has 0 saturated carbocycles. The number of nitrogens with one attached hydrogen (secondary N) is 1. The number of aromatic amines is 1. The lowest BCUT2D eigenvalue weighted by Crippen LogP contribution is -2.18. The maximum Gasteiger partial charge on any atom is 0.328 e. The highest BCUT2D eigenvalue weighted by atomic mass is 16.3. The highest BCUT2D eigenvalue weighted by Crippen LogP contribution is 2.20. The molecule has 0 saturated heterocycles. The smallest absolute Gasteiger partial charge is 0.328 e. The van der Waals surface area contributed by atoms with Gasteiger partial charge in [0.05, 0.1) is 11.9 Å². The van der Waals surface area contributed by atoms with E-state index in [1.165, 1.54) is 0 Å². The number of rotatable bonds is 4. The van der Waals surface area contributed by atoms with Crippen LogP contribution in [0.1, 0.15) is 5.56 Å². The Balaban J connectivity index is 1.71. The molecule has 2 aromatic heterocycles. The van der Waals surface area contributed by atoms with Crippen LogP contribution in [0.5, 0.6) is 5.75 Å². The van der Waals surface area contributed by atoms with Gasteiger partial charge in [-0.1, -0.05) is 30.3 Å². The van der Waals surface area contributed by atoms with Crippen molar-refractivity contribution in [3.05, 3.63) is 76.8 Å². The molecule has 0 aliphatic heterocycles. The minimum absolute atomic E-state index is 0.194. The van der Waals surface area contributed by atoms with Crippen LogP contribution in [0, 0.1) is 0 Å². The summed E-state index contributed by atoms with van der Waals surface area (Å²) in [7, 11) is 0. The second-order valence-electron chi connectivity index (χ2n) is 5.79. The molecule has 0 aliphatic carbocycles. The minimum atomic E-state index is -0.214. The SMILES string of the molecule is O=c1[nH]c2ncc(-c3ccc(O)cc3)nc2n1CCc1ccccc1. The third-order valence-electron chi connectivity index (χ3n) is 4.11. The van der Waals surface area contributed by atoms with Gasteiger partial charge in [-0.25, -0.2) is 14.8 Å². The van der Waals surface area contributed by atoms with Crippen LogP contribution in [0.15, 0.2) is 65.6 Å². The fraction of sp³-hybridized carbons (Fsp3) is 0.105. The fourth-order valence-electron chi connectivity index (χ4n) is 2.78. The van der Waals surface area contributed by atoms with E-state index in [0.29, 0.717) is 23.5 Å². The molecule has 0 spiro atoms. The molecule has 4 rings (SSSR count). The Labute approximate surface area is 143 Å². The molecule has 0 fully saturated rings. The number of aromatic nitrogens is 4. The number of phenolic OH excluding ortho intramolecular Hbond substituents is 1. The minimum Gasteiger partial charge on any atom is -0.508 e. The third-order valence-corrected chi connectivity index (χ3v) is 4.11. The van der Waals surface area contributed by atoms with Crippen molar-refractivity contribution < 1.29 is 5.11 Å². The third kappa shape index (κ3) is 3.01. The summed E-state index contributed by atoms with van der Waals surface area (Å²) in [4.78, 5) is 23.9. The number of H-pyrrole nitrogens is 1. The highest BCUT2D eigenvalue weighted by Gasteiger charge is 2.11. The maximum atomic E-state index is 12.2. The van der Waals surface area contributed by atoms with Crippen molar-refractivity contribution in [1.29, 1.82) is 0 Å². The second kappa shape index (κ2) is 6.24. The molecule has 124 valence electrons. The normalized spacial score (nSPS) is 11.0. The molecule has 0 bridgehead atoms. The molecule has 6 nitrogen and oxygen atoms in total. The molecule has 0 atom stereocenters. The van der Waals surface area contributed by atoms with E-state index in [1.807, 2.05) is 30.3 Å². The van der Waals surface area contributed by atoms with E-state index in [0.717, 1.165) is 17.5 Å². The molecular weight excluding hydrogens is 316 g/mol. The summed E-state index contributed by atoms with van der Waals surface area (Å²) < 4.78 is 1.61. The van der Waals surface area contributed by atoms with Crippen molar-refractivity contribution in [3.8, 4) is 17.0 Å². The van der Waals surface area contributed by atoms with Crippen LogP contribution in [-0.2, 0) is 13.0 Å². The van der Waals surface area contributed by atoms with Crippen LogP contribution >= 0.6 is 0 Å². The summed E-state index contributed by atoms with van der Waals surface area (Å²) in [6.07, 6.45) is 2.35. The van der Waals surface area contributed by atoms with Crippen molar-refractivity contribution in [1.82, 2.24) is 19.5 Å². The average molecular weight is 332 g/mol. The molecule has 6 heteroatoms. The summed E-state index contributed by atoms with van der Waals surface area (Å²) >= 11 is 0. The van der Waals surface area contributed by atoms with E-state index < -0.39 is 0 Å². The van der Waals surface area contributed by atoms with Crippen molar-refractivity contribution in [3.63, 3.8) is 0 Å². The lowest BCUT2D eigenvalue weighted by molar-refractivity contribution is 0.475. The number of benzene rings is 2. The number of fused-ring (bicyclic) bond motifs is 1. The first-order chi connectivity index (χ1) is 12.2. The summed E-state index contributed by atoms with van der Waals surface area (Å²) in [6, 6.07) is 16.7. The Kier molecular flexibility index (Phi) is 3.78. The van der Waals surface area contributed by atoms with E-state index in [9.17, 15) is 9.90 Å². The first-order valence-electron chi connectivity index (χ1n) is 7.99. The monoisotopic (exact) mass is 332 g/mol. The number of phenols is 1. The summed E-state index contributed by atoms with van der Waals surface area (Å²) in [5, 5.41) is 9.41. The van der Waals surface area contributed by atoms with E-state index in [4.69, 9.17) is 0 Å². The first kappa shape index (κ1) is 15.1. The Morgan fingerprint density at radius 1 is 1.04 bits per heavy atom. The number of imidazole rings is 1. The standard InChI is InChI=1S/C19H16N4O2/c24-15-8-6-14(7-9-15)16-12-20-17-18(21-16)23(19(25)22-17)11-10-13-4-2-1-3-5-13/h1-9,12,24H,10-11H2,(H,20,22,25). The van der Waals surface area contributed by atoms with E-state index in [-0.39, 0.29) is 11.4 Å². The van der Waals surface area contributed by atoms with Gasteiger partial charge in [0.15, 0.2) is 11.3 Å². The molecule has 0 aliphatic rings. The number of hydrogen-bond acceptors (Lipinski definition) is 4. The van der Waals surface area contributed by atoms with Gasteiger partial charge in [-0.05, 0) is 36.2 Å². The van der Waals surface area contributed by atoms with Crippen molar-refractivity contribution in [2.75, 3.05) is 0 Å². The van der Waals surface area contributed by atoms with Crippen molar-refractivity contribution in [2.24, 2.45) is 0 Å². The quantitative estimate of drug-likeness (QED) is 0.602. The van der Waals surface area contributed by atoms with Crippen molar-refractivity contribution in [2.45, 2.75) is 13.0 Å². The van der Waals surface area contributed by atoms with Crippen LogP contribution < -0.4 is 5.69 Å². The van der Waals surface area contributed by atoms with Gasteiger partial charge in [-0.3, -0.25) is 9.55 Å². The predicted molar refractivity (Wildman–Crippen MR) is 95.4 cm³/mol. The molecule has 0 amide bonds. The zero-order valence-corrected chi connectivity index (χ0v) is 13.4. The Morgan fingerprint density at radius 3 is 2.56 bits per heavy atom. The van der Waals surface area contributed by atoms with Gasteiger partial charge in [0.2, 0.25) is 0 Å². The first-order valence-corrected chi connectivity index (χ1v) is 7.99. The predicted octanol–water partition coefficient (Wildman–Crippen LogP) is 2.73. The molecular formula is C19H16N4O2. The lowest BCUT2D eigenvalue weighted by Gasteiger charge is -2.05. The fourth-order valence-corrected chi connectivity index (χ4v) is 2.78. The number of nitrogens with zero attached hydrogens (tertiary/aromatic N) is 3. The van der Waals surface area contributed by atoms with Gasteiger partial charge in [-0.15, -0.1) is 0 Å². The second-order valence-corrected chi connectivity index (χ2v) is 5.79. The van der Waals surface area contributed by atoms with Crippen molar-refractivity contribution >= 4 is 11.3 Å². The van der Waals surface area contributed by atoms with Gasteiger partial charge >= 0.3 is 5.69 Å². The molecule has 0 unspecified atom stereocenters. The van der Waals surface area contributed by atoms with Crippen LogP contribution in [0.2, 0.25) is 0 Å². The topological polar surface area (TPSA) is 83.8 Å². The van der Waals surface area contributed by atoms with E-state index >= 15 is 0 Å². The summed E-state index contributed by atoms with van der Waals surface area (Å²) in [6.45, 7) is 0.524. The van der Waals surface area contributed by atoms with Crippen LogP contribution in [0.3, 0.4) is 0 Å². The van der Waals surface area contributed by atoms with Gasteiger partial charge < -0.3 is 5.11 Å².